The second-order valence-electron chi connectivity index (χ2n) is 20.0. The van der Waals surface area contributed by atoms with Crippen molar-refractivity contribution in [2.75, 3.05) is 26.4 Å². The molecule has 0 spiro atoms. The second-order valence-corrected chi connectivity index (χ2v) is 20.0. The molecule has 70 heavy (non-hydrogen) atoms. The molecule has 4 fully saturated rings. The summed E-state index contributed by atoms with van der Waals surface area (Å²) in [7, 11) is 0. The Labute approximate surface area is 409 Å². The highest BCUT2D eigenvalue weighted by Crippen LogP contribution is 2.56. The Morgan fingerprint density at radius 2 is 1.04 bits per heavy atom. The van der Waals surface area contributed by atoms with Gasteiger partial charge in [0.25, 0.3) is 0 Å². The number of esters is 7. The summed E-state index contributed by atoms with van der Waals surface area (Å²) in [4.78, 5) is 109. The molecule has 0 aromatic heterocycles. The Hall–Kier alpha value is -5.18. The summed E-state index contributed by atoms with van der Waals surface area (Å²) in [5.41, 5.74) is 0.970. The maximum absolute atomic E-state index is 14.6. The van der Waals surface area contributed by atoms with Gasteiger partial charge in [-0.3, -0.25) is 33.6 Å². The van der Waals surface area contributed by atoms with E-state index in [-0.39, 0.29) is 0 Å². The topological polar surface area (TPSA) is 247 Å². The molecule has 4 saturated heterocycles. The molecule has 4 heterocycles. The number of Topliss-reactive ketones (excluding diaryl/α,β-unsaturated/α-hetero) is 1. The lowest BCUT2D eigenvalue weighted by molar-refractivity contribution is -0.525. The first-order valence-electron chi connectivity index (χ1n) is 23.9. The van der Waals surface area contributed by atoms with Crippen LogP contribution in [0.1, 0.15) is 102 Å². The van der Waals surface area contributed by atoms with Crippen LogP contribution in [0.3, 0.4) is 0 Å². The monoisotopic (exact) mass is 992 g/mol. The van der Waals surface area contributed by atoms with Gasteiger partial charge in [0.05, 0.1) is 41.4 Å². The smallest absolute Gasteiger partial charge is 0.344 e. The van der Waals surface area contributed by atoms with E-state index in [9.17, 15) is 38.4 Å². The molecule has 10 atom stereocenters. The van der Waals surface area contributed by atoms with Gasteiger partial charge in [-0.15, -0.1) is 0 Å². The van der Waals surface area contributed by atoms with Crippen LogP contribution < -0.4 is 4.74 Å². The third-order valence-electron chi connectivity index (χ3n) is 11.5. The van der Waals surface area contributed by atoms with E-state index in [2.05, 4.69) is 0 Å². The SMILES string of the molecule is Cc1ccc(OCC(=O)OC[C@@H]2C3OC2(C(=O)C(C)C)O[C@@](COC(=O)C(C)C)(O[C@H]2OC(COC(=O)C(C)C)[C@@H](OC(=O)C(C)C)C(OC(=O)C(C)C)C2OC(=O)C(C)C)C3OC(=O)C(C)C)cc1. The summed E-state index contributed by atoms with van der Waals surface area (Å²) in [6.07, 6.45) is -12.0. The number of benzene rings is 1. The van der Waals surface area contributed by atoms with Gasteiger partial charge in [0, 0.05) is 5.92 Å². The van der Waals surface area contributed by atoms with Crippen LogP contribution in [0.2, 0.25) is 0 Å². The molecule has 20 heteroatoms. The molecule has 1 aromatic carbocycles. The Morgan fingerprint density at radius 1 is 0.557 bits per heavy atom. The minimum Gasteiger partial charge on any atom is -0.482 e. The van der Waals surface area contributed by atoms with Crippen molar-refractivity contribution in [2.45, 2.75) is 158 Å². The van der Waals surface area contributed by atoms with Crippen LogP contribution in [0.15, 0.2) is 24.3 Å². The maximum Gasteiger partial charge on any atom is 0.344 e. The highest BCUT2D eigenvalue weighted by Gasteiger charge is 2.77. The molecule has 5 rings (SSSR count). The van der Waals surface area contributed by atoms with E-state index in [0.29, 0.717) is 5.75 Å². The standard InChI is InChI=1S/C50H72O20/c1-24(2)40(52)50-33(20-60-35(51)22-59-32-18-16-31(15)17-19-32)36(68-50)41(67-47(58)30(13)14)49(70-50,23-62-43(54)26(5)6)69-48-39(66-46(57)29(11)12)38(65-45(56)28(9)10)37(64-44(55)27(7)8)34(63-48)21-61-42(53)25(3)4/h16-19,24-30,33-34,36-39,41,48H,20-23H2,1-15H3/t33-,34?,36?,37-,38?,39?,41?,48-,49-,50?/m1/s1. The summed E-state index contributed by atoms with van der Waals surface area (Å²) in [5, 5.41) is 0. The summed E-state index contributed by atoms with van der Waals surface area (Å²) in [6.45, 7) is 20.9. The average molecular weight is 993 g/mol. The van der Waals surface area contributed by atoms with Crippen LogP contribution in [0.4, 0.5) is 0 Å². The zero-order valence-electron chi connectivity index (χ0n) is 43.0. The van der Waals surface area contributed by atoms with Crippen molar-refractivity contribution >= 4 is 47.6 Å². The zero-order chi connectivity index (χ0) is 52.6. The number of hydrogen-bond donors (Lipinski definition) is 0. The van der Waals surface area contributed by atoms with Gasteiger partial charge in [-0.1, -0.05) is 115 Å². The summed E-state index contributed by atoms with van der Waals surface area (Å²) in [6, 6.07) is 6.95. The van der Waals surface area contributed by atoms with E-state index in [4.69, 9.17) is 56.8 Å². The highest BCUT2D eigenvalue weighted by atomic mass is 16.9. The molecular weight excluding hydrogens is 921 g/mol. The molecule has 2 bridgehead atoms. The van der Waals surface area contributed by atoms with Gasteiger partial charge in [-0.25, -0.2) is 4.79 Å². The number of hydrogen-bond acceptors (Lipinski definition) is 20. The van der Waals surface area contributed by atoms with Crippen molar-refractivity contribution in [3.63, 3.8) is 0 Å². The number of ketones is 1. The largest absolute Gasteiger partial charge is 0.482 e. The normalized spacial score (nSPS) is 27.2. The molecule has 0 amide bonds. The Bertz CT molecular complexity index is 2020. The number of rotatable bonds is 23. The Morgan fingerprint density at radius 3 is 1.56 bits per heavy atom. The van der Waals surface area contributed by atoms with Gasteiger partial charge in [0.15, 0.2) is 36.8 Å². The van der Waals surface area contributed by atoms with Crippen LogP contribution in [-0.4, -0.2) is 128 Å². The summed E-state index contributed by atoms with van der Waals surface area (Å²) < 4.78 is 73.1. The van der Waals surface area contributed by atoms with Crippen LogP contribution in [0.25, 0.3) is 0 Å². The summed E-state index contributed by atoms with van der Waals surface area (Å²) in [5.74, 6) is -17.5. The molecule has 4 aliphatic rings. The van der Waals surface area contributed by atoms with Crippen molar-refractivity contribution < 1.29 is 95.2 Å². The predicted molar refractivity (Wildman–Crippen MR) is 243 cm³/mol. The fraction of sp³-hybridized carbons (Fsp3) is 0.720. The van der Waals surface area contributed by atoms with Crippen LogP contribution in [-0.2, 0) is 90.5 Å². The molecule has 0 aliphatic carbocycles. The van der Waals surface area contributed by atoms with Crippen LogP contribution in [0, 0.1) is 54.3 Å². The number of carbonyl (C=O) groups is 8. The molecule has 4 aliphatic heterocycles. The maximum atomic E-state index is 14.6. The quantitative estimate of drug-likeness (QED) is 0.103. The lowest BCUT2D eigenvalue weighted by Gasteiger charge is -2.64. The van der Waals surface area contributed by atoms with Crippen molar-refractivity contribution in [1.82, 2.24) is 0 Å². The van der Waals surface area contributed by atoms with Gasteiger partial charge < -0.3 is 56.8 Å². The first kappa shape index (κ1) is 57.4. The van der Waals surface area contributed by atoms with Crippen molar-refractivity contribution in [3.05, 3.63) is 29.8 Å². The molecule has 6 unspecified atom stereocenters. The molecule has 0 N–H and O–H groups in total. The van der Waals surface area contributed by atoms with Gasteiger partial charge in [0.2, 0.25) is 17.9 Å². The van der Waals surface area contributed by atoms with E-state index in [1.807, 2.05) is 6.92 Å². The van der Waals surface area contributed by atoms with Crippen LogP contribution >= 0.6 is 0 Å². The third kappa shape index (κ3) is 13.8. The highest BCUT2D eigenvalue weighted by molar-refractivity contribution is 5.89. The third-order valence-corrected chi connectivity index (χ3v) is 11.5. The molecular formula is C50H72O20. The molecule has 0 saturated carbocycles. The number of aryl methyl sites for hydroxylation is 1. The Balaban J connectivity index is 1.95. The van der Waals surface area contributed by atoms with Crippen molar-refractivity contribution in [1.29, 1.82) is 0 Å². The van der Waals surface area contributed by atoms with E-state index >= 15 is 0 Å². The predicted octanol–water partition coefficient (Wildman–Crippen LogP) is 4.99. The fourth-order valence-electron chi connectivity index (χ4n) is 7.19. The number of ether oxygens (including phenoxy) is 12. The van der Waals surface area contributed by atoms with Gasteiger partial charge in [-0.05, 0) is 19.1 Å². The fourth-order valence-corrected chi connectivity index (χ4v) is 7.19. The van der Waals surface area contributed by atoms with Gasteiger partial charge >= 0.3 is 41.8 Å². The minimum atomic E-state index is -2.63. The van der Waals surface area contributed by atoms with E-state index in [1.165, 1.54) is 41.5 Å². The van der Waals surface area contributed by atoms with Crippen molar-refractivity contribution in [2.24, 2.45) is 47.3 Å². The van der Waals surface area contributed by atoms with E-state index in [1.54, 1.807) is 79.7 Å². The lowest BCUT2D eigenvalue weighted by atomic mass is 9.73. The zero-order valence-corrected chi connectivity index (χ0v) is 43.0. The van der Waals surface area contributed by atoms with Crippen LogP contribution in [0.5, 0.6) is 5.75 Å². The van der Waals surface area contributed by atoms with E-state index in [0.717, 1.165) is 5.56 Å². The second kappa shape index (κ2) is 24.3. The molecule has 20 nitrogen and oxygen atoms in total. The lowest BCUT2D eigenvalue weighted by Crippen LogP contribution is -2.84. The Kier molecular flexibility index (Phi) is 19.9. The number of fused-ring (bicyclic) bond motifs is 2. The summed E-state index contributed by atoms with van der Waals surface area (Å²) >= 11 is 0. The molecule has 1 aromatic rings. The number of carbonyl (C=O) groups excluding carboxylic acids is 8. The minimum absolute atomic E-state index is 0.396. The van der Waals surface area contributed by atoms with Gasteiger partial charge in [-0.2, -0.15) is 0 Å². The molecule has 0 radical (unpaired) electrons. The van der Waals surface area contributed by atoms with Gasteiger partial charge in [0.1, 0.15) is 37.8 Å². The first-order valence-corrected chi connectivity index (χ1v) is 23.9. The average Bonchev–Trinajstić information content (AvgIpc) is 3.28. The van der Waals surface area contributed by atoms with Crippen molar-refractivity contribution in [3.8, 4) is 5.75 Å². The first-order chi connectivity index (χ1) is 32.6. The molecule has 392 valence electrons. The van der Waals surface area contributed by atoms with E-state index < -0.39 is 176 Å².